The molecule has 1 saturated heterocycles. The minimum absolute atomic E-state index is 0.0141. The predicted molar refractivity (Wildman–Crippen MR) is 98.2 cm³/mol. The Morgan fingerprint density at radius 2 is 1.77 bits per heavy atom. The lowest BCUT2D eigenvalue weighted by atomic mass is 10.0. The lowest BCUT2D eigenvalue weighted by Crippen LogP contribution is -2.47. The summed E-state index contributed by atoms with van der Waals surface area (Å²) in [7, 11) is -3.56. The van der Waals surface area contributed by atoms with Crippen LogP contribution < -0.4 is 5.32 Å². The van der Waals surface area contributed by atoms with E-state index in [1.165, 1.54) is 30.7 Å². The van der Waals surface area contributed by atoms with Crippen molar-refractivity contribution in [2.75, 3.05) is 5.32 Å². The SMILES string of the molecule is C[C@@H]1CCC[C@@H](C)N1S(=O)(=O)c1ccc(NC(=O)c2cnccn2)cc1. The van der Waals surface area contributed by atoms with Gasteiger partial charge < -0.3 is 5.32 Å². The van der Waals surface area contributed by atoms with Crippen LogP contribution in [0, 0.1) is 0 Å². The van der Waals surface area contributed by atoms with E-state index in [1.807, 2.05) is 13.8 Å². The molecule has 1 fully saturated rings. The summed E-state index contributed by atoms with van der Waals surface area (Å²) in [5, 5.41) is 2.68. The van der Waals surface area contributed by atoms with Crippen molar-refractivity contribution in [3.63, 3.8) is 0 Å². The molecule has 0 aliphatic carbocycles. The van der Waals surface area contributed by atoms with Gasteiger partial charge in [0.15, 0.2) is 0 Å². The van der Waals surface area contributed by atoms with Gasteiger partial charge in [0.2, 0.25) is 10.0 Å². The number of carbonyl (C=O) groups is 1. The second-order valence-electron chi connectivity index (χ2n) is 6.53. The third kappa shape index (κ3) is 3.76. The van der Waals surface area contributed by atoms with Crippen LogP contribution in [0.4, 0.5) is 5.69 Å². The molecule has 1 aromatic heterocycles. The third-order valence-electron chi connectivity index (χ3n) is 4.60. The Bertz CT molecular complexity index is 859. The molecule has 1 aromatic carbocycles. The molecular formula is C18H22N4O3S. The molecule has 0 radical (unpaired) electrons. The Labute approximate surface area is 153 Å². The number of hydrogen-bond donors (Lipinski definition) is 1. The monoisotopic (exact) mass is 374 g/mol. The zero-order valence-electron chi connectivity index (χ0n) is 14.8. The van der Waals surface area contributed by atoms with E-state index in [-0.39, 0.29) is 22.7 Å². The van der Waals surface area contributed by atoms with Crippen LogP contribution in [0.15, 0.2) is 47.8 Å². The first-order valence-electron chi connectivity index (χ1n) is 8.60. The van der Waals surface area contributed by atoms with E-state index in [0.29, 0.717) is 5.69 Å². The third-order valence-corrected chi connectivity index (χ3v) is 6.74. The molecule has 1 N–H and O–H groups in total. The number of aromatic nitrogens is 2. The van der Waals surface area contributed by atoms with Crippen LogP contribution in [0.3, 0.4) is 0 Å². The van der Waals surface area contributed by atoms with Crippen LogP contribution in [-0.2, 0) is 10.0 Å². The molecule has 1 amide bonds. The minimum atomic E-state index is -3.56. The molecule has 0 spiro atoms. The quantitative estimate of drug-likeness (QED) is 0.888. The van der Waals surface area contributed by atoms with Crippen molar-refractivity contribution in [2.45, 2.75) is 50.1 Å². The van der Waals surface area contributed by atoms with Crippen LogP contribution in [0.2, 0.25) is 0 Å². The van der Waals surface area contributed by atoms with Gasteiger partial charge in [-0.3, -0.25) is 9.78 Å². The Hall–Kier alpha value is -2.32. The number of piperidine rings is 1. The summed E-state index contributed by atoms with van der Waals surface area (Å²) in [6, 6.07) is 6.19. The van der Waals surface area contributed by atoms with Gasteiger partial charge in [-0.15, -0.1) is 0 Å². The van der Waals surface area contributed by atoms with E-state index in [9.17, 15) is 13.2 Å². The van der Waals surface area contributed by atoms with E-state index >= 15 is 0 Å². The fourth-order valence-electron chi connectivity index (χ4n) is 3.31. The molecule has 26 heavy (non-hydrogen) atoms. The Balaban J connectivity index is 1.77. The van der Waals surface area contributed by atoms with Crippen molar-refractivity contribution in [1.82, 2.24) is 14.3 Å². The van der Waals surface area contributed by atoms with Crippen molar-refractivity contribution in [1.29, 1.82) is 0 Å². The Kier molecular flexibility index (Phi) is 5.33. The molecule has 8 heteroatoms. The zero-order chi connectivity index (χ0) is 18.7. The zero-order valence-corrected chi connectivity index (χ0v) is 15.6. The molecule has 3 rings (SSSR count). The molecule has 2 aromatic rings. The van der Waals surface area contributed by atoms with Gasteiger partial charge in [-0.05, 0) is 51.0 Å². The van der Waals surface area contributed by atoms with Crippen molar-refractivity contribution < 1.29 is 13.2 Å². The first-order valence-corrected chi connectivity index (χ1v) is 10.0. The van der Waals surface area contributed by atoms with Gasteiger partial charge in [-0.1, -0.05) is 6.42 Å². The van der Waals surface area contributed by atoms with Gasteiger partial charge in [0.25, 0.3) is 5.91 Å². The summed E-state index contributed by atoms with van der Waals surface area (Å²) in [4.78, 5) is 20.1. The smallest absolute Gasteiger partial charge is 0.275 e. The fraction of sp³-hybridized carbons (Fsp3) is 0.389. The molecule has 2 atom stereocenters. The maximum absolute atomic E-state index is 13.0. The van der Waals surface area contributed by atoms with Gasteiger partial charge in [-0.25, -0.2) is 13.4 Å². The maximum atomic E-state index is 13.0. The van der Waals surface area contributed by atoms with E-state index in [1.54, 1.807) is 16.4 Å². The van der Waals surface area contributed by atoms with E-state index in [4.69, 9.17) is 0 Å². The van der Waals surface area contributed by atoms with E-state index in [2.05, 4.69) is 15.3 Å². The number of nitrogens with one attached hydrogen (secondary N) is 1. The van der Waals surface area contributed by atoms with Crippen LogP contribution in [-0.4, -0.2) is 40.7 Å². The number of benzene rings is 1. The predicted octanol–water partition coefficient (Wildman–Crippen LogP) is 2.68. The maximum Gasteiger partial charge on any atom is 0.275 e. The first kappa shape index (κ1) is 18.5. The highest BCUT2D eigenvalue weighted by molar-refractivity contribution is 7.89. The molecule has 1 aliphatic rings. The van der Waals surface area contributed by atoms with Crippen molar-refractivity contribution in [2.24, 2.45) is 0 Å². The highest BCUT2D eigenvalue weighted by Crippen LogP contribution is 2.29. The Morgan fingerprint density at radius 1 is 1.12 bits per heavy atom. The normalized spacial score (nSPS) is 21.3. The van der Waals surface area contributed by atoms with Crippen LogP contribution in [0.5, 0.6) is 0 Å². The summed E-state index contributed by atoms with van der Waals surface area (Å²) in [5.41, 5.74) is 0.694. The largest absolute Gasteiger partial charge is 0.321 e. The summed E-state index contributed by atoms with van der Waals surface area (Å²) >= 11 is 0. The molecule has 0 bridgehead atoms. The minimum Gasteiger partial charge on any atom is -0.321 e. The molecule has 0 unspecified atom stereocenters. The van der Waals surface area contributed by atoms with Gasteiger partial charge in [0.1, 0.15) is 5.69 Å². The standard InChI is InChI=1S/C18H22N4O3S/c1-13-4-3-5-14(2)22(13)26(24,25)16-8-6-15(7-9-16)21-18(23)17-12-19-10-11-20-17/h6-14H,3-5H2,1-2H3,(H,21,23)/t13-,14-/m1/s1. The number of nitrogens with zero attached hydrogens (tertiary/aromatic N) is 3. The topological polar surface area (TPSA) is 92.3 Å². The van der Waals surface area contributed by atoms with Crippen molar-refractivity contribution in [3.05, 3.63) is 48.5 Å². The average molecular weight is 374 g/mol. The van der Waals surface area contributed by atoms with Crippen molar-refractivity contribution >= 4 is 21.6 Å². The van der Waals surface area contributed by atoms with Crippen LogP contribution in [0.25, 0.3) is 0 Å². The summed E-state index contributed by atoms with van der Waals surface area (Å²) in [5.74, 6) is -0.396. The molecular weight excluding hydrogens is 352 g/mol. The van der Waals surface area contributed by atoms with Crippen molar-refractivity contribution in [3.8, 4) is 0 Å². The summed E-state index contributed by atoms with van der Waals surface area (Å²) in [6.45, 7) is 3.89. The van der Waals surface area contributed by atoms with Gasteiger partial charge in [0, 0.05) is 30.2 Å². The molecule has 0 saturated carbocycles. The van der Waals surface area contributed by atoms with E-state index in [0.717, 1.165) is 19.3 Å². The van der Waals surface area contributed by atoms with E-state index < -0.39 is 15.9 Å². The molecule has 138 valence electrons. The number of carbonyl (C=O) groups excluding carboxylic acids is 1. The van der Waals surface area contributed by atoms with Gasteiger partial charge in [0.05, 0.1) is 11.1 Å². The number of amides is 1. The Morgan fingerprint density at radius 3 is 2.35 bits per heavy atom. The fourth-order valence-corrected chi connectivity index (χ4v) is 5.20. The van der Waals surface area contributed by atoms with Crippen LogP contribution in [0.1, 0.15) is 43.6 Å². The average Bonchev–Trinajstić information content (AvgIpc) is 2.62. The summed E-state index contributed by atoms with van der Waals surface area (Å²) in [6.07, 6.45) is 7.07. The second-order valence-corrected chi connectivity index (χ2v) is 8.38. The van der Waals surface area contributed by atoms with Gasteiger partial charge in [-0.2, -0.15) is 4.31 Å². The highest BCUT2D eigenvalue weighted by atomic mass is 32.2. The first-order chi connectivity index (χ1) is 12.4. The number of hydrogen-bond acceptors (Lipinski definition) is 5. The lowest BCUT2D eigenvalue weighted by molar-refractivity contribution is 0.102. The van der Waals surface area contributed by atoms with Crippen LogP contribution >= 0.6 is 0 Å². The number of sulfonamides is 1. The molecule has 1 aliphatic heterocycles. The number of anilines is 1. The highest BCUT2D eigenvalue weighted by Gasteiger charge is 2.35. The summed E-state index contributed by atoms with van der Waals surface area (Å²) < 4.78 is 27.6. The molecule has 2 heterocycles. The van der Waals surface area contributed by atoms with Gasteiger partial charge >= 0.3 is 0 Å². The number of rotatable bonds is 4. The molecule has 7 nitrogen and oxygen atoms in total. The lowest BCUT2D eigenvalue weighted by Gasteiger charge is -2.37. The second kappa shape index (κ2) is 7.51.